The number of hydrogen-bond donors (Lipinski definition) is 1. The van der Waals surface area contributed by atoms with Crippen LogP contribution in [0.3, 0.4) is 0 Å². The lowest BCUT2D eigenvalue weighted by atomic mass is 10.2. The fraction of sp³-hybridized carbons (Fsp3) is 0.333. The fourth-order valence-corrected chi connectivity index (χ4v) is 3.16. The number of aliphatic hydroxyl groups is 1. The van der Waals surface area contributed by atoms with Crippen LogP contribution in [0, 0.1) is 0 Å². The molecule has 0 aromatic rings. The van der Waals surface area contributed by atoms with Crippen molar-refractivity contribution in [2.24, 2.45) is 9.98 Å². The fourth-order valence-electron chi connectivity index (χ4n) is 1.19. The zero-order valence-corrected chi connectivity index (χ0v) is 9.97. The largest absolute Gasteiger partial charge is 0.510 e. The van der Waals surface area contributed by atoms with Gasteiger partial charge in [-0.1, -0.05) is 23.5 Å². The normalized spacial score (nSPS) is 23.4. The standard InChI is InChI=1S/C9H8N2O3S2/c1-4(12)3-15-9-11-8-7(16-9)5(13)2-6(14)10-8/h2,7,13H,3H2,1H3. The van der Waals surface area contributed by atoms with Crippen LogP contribution in [0.25, 0.3) is 0 Å². The van der Waals surface area contributed by atoms with Gasteiger partial charge in [0.15, 0.2) is 5.84 Å². The maximum absolute atomic E-state index is 11.0. The number of carbonyl (C=O) groups excluding carboxylic acids is 2. The topological polar surface area (TPSA) is 79.1 Å². The lowest BCUT2D eigenvalue weighted by Gasteiger charge is -2.10. The first-order chi connectivity index (χ1) is 7.56. The van der Waals surface area contributed by atoms with E-state index in [1.54, 1.807) is 0 Å². The van der Waals surface area contributed by atoms with Crippen LogP contribution in [0.5, 0.6) is 0 Å². The van der Waals surface area contributed by atoms with Gasteiger partial charge in [-0.05, 0) is 6.92 Å². The van der Waals surface area contributed by atoms with Gasteiger partial charge in [0.25, 0.3) is 5.91 Å². The Hall–Kier alpha value is -1.08. The Balaban J connectivity index is 2.10. The number of nitrogens with zero attached hydrogens (tertiary/aromatic N) is 2. The summed E-state index contributed by atoms with van der Waals surface area (Å²) >= 11 is 2.60. The molecule has 0 spiro atoms. The molecule has 2 rings (SSSR count). The Morgan fingerprint density at radius 1 is 1.62 bits per heavy atom. The lowest BCUT2D eigenvalue weighted by Crippen LogP contribution is -2.20. The highest BCUT2D eigenvalue weighted by atomic mass is 32.2. The summed E-state index contributed by atoms with van der Waals surface area (Å²) in [6.45, 7) is 1.50. The molecule has 1 atom stereocenters. The molecule has 0 fully saturated rings. The number of rotatable bonds is 2. The molecule has 2 heterocycles. The Morgan fingerprint density at radius 3 is 3.06 bits per heavy atom. The second-order valence-electron chi connectivity index (χ2n) is 3.24. The minimum atomic E-state index is -0.495. The number of ketones is 1. The van der Waals surface area contributed by atoms with Crippen molar-refractivity contribution in [3.05, 3.63) is 11.8 Å². The van der Waals surface area contributed by atoms with E-state index in [2.05, 4.69) is 9.98 Å². The summed E-state index contributed by atoms with van der Waals surface area (Å²) in [4.78, 5) is 29.6. The molecule has 0 saturated carbocycles. The van der Waals surface area contributed by atoms with Crippen molar-refractivity contribution in [1.29, 1.82) is 0 Å². The third-order valence-corrected chi connectivity index (χ3v) is 4.33. The second-order valence-corrected chi connectivity index (χ2v) is 5.56. The maximum Gasteiger partial charge on any atom is 0.274 e. The van der Waals surface area contributed by atoms with Crippen LogP contribution in [-0.2, 0) is 9.59 Å². The molecule has 0 bridgehead atoms. The molecule has 0 aromatic carbocycles. The molecular formula is C9H8N2O3S2. The van der Waals surface area contributed by atoms with Crippen molar-refractivity contribution in [3.8, 4) is 0 Å². The number of aliphatic imine (C=N–C) groups is 2. The Bertz CT molecular complexity index is 454. The maximum atomic E-state index is 11.0. The molecule has 1 N–H and O–H groups in total. The number of Topliss-reactive ketones (excluding diaryl/α,β-unsaturated/α-hetero) is 1. The summed E-state index contributed by atoms with van der Waals surface area (Å²) in [5.74, 6) is 0.194. The number of amidine groups is 1. The number of dihydropyridines is 1. The van der Waals surface area contributed by atoms with Crippen LogP contribution >= 0.6 is 23.5 Å². The van der Waals surface area contributed by atoms with Gasteiger partial charge in [0.1, 0.15) is 21.2 Å². The smallest absolute Gasteiger partial charge is 0.274 e. The van der Waals surface area contributed by atoms with Crippen LogP contribution in [0.4, 0.5) is 0 Å². The van der Waals surface area contributed by atoms with Crippen LogP contribution in [0.15, 0.2) is 21.8 Å². The van der Waals surface area contributed by atoms with Gasteiger partial charge in [-0.15, -0.1) is 0 Å². The van der Waals surface area contributed by atoms with Crippen molar-refractivity contribution in [2.45, 2.75) is 12.2 Å². The number of thioether (sulfide) groups is 2. The van der Waals surface area contributed by atoms with Gasteiger partial charge in [0.2, 0.25) is 0 Å². The highest BCUT2D eigenvalue weighted by Crippen LogP contribution is 2.34. The summed E-state index contributed by atoms with van der Waals surface area (Å²) in [5.41, 5.74) is 0. The van der Waals surface area contributed by atoms with Gasteiger partial charge in [0.05, 0.1) is 5.75 Å². The van der Waals surface area contributed by atoms with Crippen LogP contribution < -0.4 is 0 Å². The SMILES string of the molecule is CC(=O)CSC1=NC2=NC(=O)C=C(O)C2S1. The molecule has 0 saturated heterocycles. The minimum absolute atomic E-state index is 0.0258. The van der Waals surface area contributed by atoms with E-state index in [-0.39, 0.29) is 16.8 Å². The number of fused-ring (bicyclic) bond motifs is 1. The van der Waals surface area contributed by atoms with E-state index in [1.807, 2.05) is 0 Å². The monoisotopic (exact) mass is 256 g/mol. The molecule has 2 aliphatic heterocycles. The van der Waals surface area contributed by atoms with Crippen LogP contribution in [0.2, 0.25) is 0 Å². The van der Waals surface area contributed by atoms with E-state index in [4.69, 9.17) is 0 Å². The quantitative estimate of drug-likeness (QED) is 0.802. The molecule has 0 aromatic heterocycles. The highest BCUT2D eigenvalue weighted by molar-refractivity contribution is 8.40. The molecule has 0 aliphatic carbocycles. The first-order valence-electron chi connectivity index (χ1n) is 4.47. The van der Waals surface area contributed by atoms with Crippen molar-refractivity contribution in [3.63, 3.8) is 0 Å². The number of amides is 1. The Kier molecular flexibility index (Phi) is 3.15. The van der Waals surface area contributed by atoms with Gasteiger partial charge in [0, 0.05) is 6.08 Å². The molecule has 0 radical (unpaired) electrons. The molecule has 1 unspecified atom stereocenters. The van der Waals surface area contributed by atoms with E-state index >= 15 is 0 Å². The molecule has 5 nitrogen and oxygen atoms in total. The van der Waals surface area contributed by atoms with Gasteiger partial charge in [-0.2, -0.15) is 4.99 Å². The van der Waals surface area contributed by atoms with E-state index in [0.29, 0.717) is 16.0 Å². The average molecular weight is 256 g/mol. The predicted molar refractivity (Wildman–Crippen MR) is 65.1 cm³/mol. The van der Waals surface area contributed by atoms with Gasteiger partial charge >= 0.3 is 0 Å². The van der Waals surface area contributed by atoms with E-state index in [9.17, 15) is 14.7 Å². The molecule has 84 valence electrons. The molecule has 2 aliphatic rings. The number of carbonyl (C=O) groups is 2. The van der Waals surface area contributed by atoms with E-state index < -0.39 is 5.91 Å². The van der Waals surface area contributed by atoms with Crippen molar-refractivity contribution < 1.29 is 14.7 Å². The predicted octanol–water partition coefficient (Wildman–Crippen LogP) is 1.16. The van der Waals surface area contributed by atoms with E-state index in [1.165, 1.54) is 30.4 Å². The van der Waals surface area contributed by atoms with E-state index in [0.717, 1.165) is 6.08 Å². The number of aliphatic hydroxyl groups excluding tert-OH is 1. The summed E-state index contributed by atoms with van der Waals surface area (Å²) in [7, 11) is 0. The first-order valence-corrected chi connectivity index (χ1v) is 6.33. The van der Waals surface area contributed by atoms with Crippen molar-refractivity contribution in [1.82, 2.24) is 0 Å². The average Bonchev–Trinajstić information content (AvgIpc) is 2.57. The third-order valence-electron chi connectivity index (χ3n) is 1.82. The summed E-state index contributed by atoms with van der Waals surface area (Å²) in [6.07, 6.45) is 1.09. The van der Waals surface area contributed by atoms with Crippen LogP contribution in [-0.4, -0.2) is 38.0 Å². The lowest BCUT2D eigenvalue weighted by molar-refractivity contribution is -0.115. The second kappa shape index (κ2) is 4.42. The summed E-state index contributed by atoms with van der Waals surface area (Å²) in [5, 5.41) is 9.15. The minimum Gasteiger partial charge on any atom is -0.510 e. The Labute approximate surface area is 100 Å². The highest BCUT2D eigenvalue weighted by Gasteiger charge is 2.33. The zero-order valence-electron chi connectivity index (χ0n) is 8.34. The van der Waals surface area contributed by atoms with Gasteiger partial charge < -0.3 is 5.11 Å². The van der Waals surface area contributed by atoms with Gasteiger partial charge in [-0.25, -0.2) is 4.99 Å². The zero-order chi connectivity index (χ0) is 11.7. The summed E-state index contributed by atoms with van der Waals surface area (Å²) in [6, 6.07) is 0. The third kappa shape index (κ3) is 2.35. The van der Waals surface area contributed by atoms with Gasteiger partial charge in [-0.3, -0.25) is 9.59 Å². The van der Waals surface area contributed by atoms with Crippen molar-refractivity contribution in [2.75, 3.05) is 5.75 Å². The molecule has 16 heavy (non-hydrogen) atoms. The molecule has 1 amide bonds. The Morgan fingerprint density at radius 2 is 2.38 bits per heavy atom. The first kappa shape index (κ1) is 11.4. The number of hydrogen-bond acceptors (Lipinski definition) is 6. The van der Waals surface area contributed by atoms with Crippen LogP contribution in [0.1, 0.15) is 6.92 Å². The molecular weight excluding hydrogens is 248 g/mol. The molecule has 7 heteroatoms. The summed E-state index contributed by atoms with van der Waals surface area (Å²) < 4.78 is 0.661. The van der Waals surface area contributed by atoms with Crippen molar-refractivity contribution >= 4 is 45.4 Å².